The minimum Gasteiger partial charge on any atom is -0.476 e. The lowest BCUT2D eigenvalue weighted by atomic mass is 9.96. The molecule has 9 nitrogen and oxygen atoms in total. The number of carbonyl (C=O) groups excluding carboxylic acids is 2. The third-order valence-electron chi connectivity index (χ3n) is 5.01. The highest BCUT2D eigenvalue weighted by Crippen LogP contribution is 2.24. The van der Waals surface area contributed by atoms with Crippen LogP contribution in [0.25, 0.3) is 0 Å². The van der Waals surface area contributed by atoms with E-state index in [1.165, 1.54) is 17.8 Å². The first-order valence-corrected chi connectivity index (χ1v) is 8.90. The number of piperidine rings is 1. The molecular formula is C18H23N5O4. The molecule has 3 rings (SSSR count). The van der Waals surface area contributed by atoms with Gasteiger partial charge >= 0.3 is 5.97 Å². The average molecular weight is 373 g/mol. The highest BCUT2D eigenvalue weighted by Gasteiger charge is 2.29. The first-order chi connectivity index (χ1) is 12.8. The Morgan fingerprint density at radius 2 is 2.07 bits per heavy atom. The van der Waals surface area contributed by atoms with Gasteiger partial charge in [-0.05, 0) is 38.2 Å². The van der Waals surface area contributed by atoms with Gasteiger partial charge in [-0.3, -0.25) is 14.3 Å². The van der Waals surface area contributed by atoms with Crippen molar-refractivity contribution in [3.8, 4) is 0 Å². The number of nitrogens with zero attached hydrogens (tertiary/aromatic N) is 4. The Balaban J connectivity index is 1.73. The minimum atomic E-state index is -1.11. The quantitative estimate of drug-likeness (QED) is 0.769. The molecule has 3 heterocycles. The molecule has 9 heteroatoms. The molecule has 0 aromatic carbocycles. The van der Waals surface area contributed by atoms with Crippen LogP contribution in [0.1, 0.15) is 62.4 Å². The van der Waals surface area contributed by atoms with Gasteiger partial charge in [-0.25, -0.2) is 4.79 Å². The number of rotatable bonds is 5. The molecule has 144 valence electrons. The summed E-state index contributed by atoms with van der Waals surface area (Å²) in [6, 6.07) is 0. The van der Waals surface area contributed by atoms with Gasteiger partial charge in [-0.1, -0.05) is 5.21 Å². The second-order valence-corrected chi connectivity index (χ2v) is 7.07. The van der Waals surface area contributed by atoms with Gasteiger partial charge in [0.05, 0.1) is 17.5 Å². The number of carbonyl (C=O) groups is 3. The number of hydrogen-bond acceptors (Lipinski definition) is 5. The van der Waals surface area contributed by atoms with Crippen molar-refractivity contribution in [1.82, 2.24) is 24.9 Å². The van der Waals surface area contributed by atoms with E-state index in [-0.39, 0.29) is 23.3 Å². The Hall–Kier alpha value is -2.97. The lowest BCUT2D eigenvalue weighted by Crippen LogP contribution is -2.41. The molecule has 2 aromatic rings. The molecule has 2 N–H and O–H groups in total. The van der Waals surface area contributed by atoms with Gasteiger partial charge in [0.15, 0.2) is 11.5 Å². The van der Waals surface area contributed by atoms with Crippen molar-refractivity contribution in [3.63, 3.8) is 0 Å². The van der Waals surface area contributed by atoms with E-state index in [1.807, 2.05) is 0 Å². The normalized spacial score (nSPS) is 17.1. The van der Waals surface area contributed by atoms with Crippen LogP contribution in [0.5, 0.6) is 0 Å². The molecule has 1 aliphatic heterocycles. The fraction of sp³-hybridized carbons (Fsp3) is 0.500. The number of nitrogens with one attached hydrogen (secondary N) is 1. The Labute approximate surface area is 156 Å². The number of likely N-dealkylation sites (tertiary alicyclic amines) is 1. The van der Waals surface area contributed by atoms with E-state index in [0.717, 1.165) is 12.8 Å². The Morgan fingerprint density at radius 1 is 1.33 bits per heavy atom. The molecule has 1 amide bonds. The number of aryl methyl sites for hydroxylation is 1. The monoisotopic (exact) mass is 373 g/mol. The minimum absolute atomic E-state index is 0.0803. The zero-order chi connectivity index (χ0) is 19.7. The number of aromatic amines is 1. The van der Waals surface area contributed by atoms with Crippen molar-refractivity contribution in [2.75, 3.05) is 13.1 Å². The SMILES string of the molecule is CC(=O)c1[nH]c(C)c(C(=O)N2CCCC(Cn3cc(C(=O)O)nn3)C2)c1C. The molecule has 1 aliphatic rings. The lowest BCUT2D eigenvalue weighted by Gasteiger charge is -2.33. The lowest BCUT2D eigenvalue weighted by molar-refractivity contribution is 0.0657. The van der Waals surface area contributed by atoms with Crippen molar-refractivity contribution in [3.05, 3.63) is 34.4 Å². The fourth-order valence-electron chi connectivity index (χ4n) is 3.73. The molecule has 0 radical (unpaired) electrons. The zero-order valence-corrected chi connectivity index (χ0v) is 15.7. The maximum atomic E-state index is 13.1. The Kier molecular flexibility index (Phi) is 5.11. The summed E-state index contributed by atoms with van der Waals surface area (Å²) in [6.07, 6.45) is 3.19. The second kappa shape index (κ2) is 7.34. The van der Waals surface area contributed by atoms with Gasteiger partial charge in [0.2, 0.25) is 0 Å². The molecule has 1 fully saturated rings. The molecule has 0 bridgehead atoms. The third kappa shape index (κ3) is 3.76. The van der Waals surface area contributed by atoms with E-state index in [0.29, 0.717) is 42.1 Å². The largest absolute Gasteiger partial charge is 0.476 e. The van der Waals surface area contributed by atoms with Crippen molar-refractivity contribution >= 4 is 17.7 Å². The number of ketones is 1. The molecule has 2 aromatic heterocycles. The average Bonchev–Trinajstić information content (AvgIpc) is 3.19. The highest BCUT2D eigenvalue weighted by atomic mass is 16.4. The van der Waals surface area contributed by atoms with Crippen LogP contribution in [0.15, 0.2) is 6.20 Å². The van der Waals surface area contributed by atoms with E-state index >= 15 is 0 Å². The standard InChI is InChI=1S/C18H23N5O4/c1-10-15(11(2)19-16(10)12(3)24)17(25)22-6-4-5-13(7-22)8-23-9-14(18(26)27)20-21-23/h9,13,19H,4-8H2,1-3H3,(H,26,27). The first-order valence-electron chi connectivity index (χ1n) is 8.90. The fourth-order valence-corrected chi connectivity index (χ4v) is 3.73. The van der Waals surface area contributed by atoms with Crippen LogP contribution in [0.3, 0.4) is 0 Å². The first kappa shape index (κ1) is 18.8. The number of amides is 1. The summed E-state index contributed by atoms with van der Waals surface area (Å²) in [4.78, 5) is 40.5. The summed E-state index contributed by atoms with van der Waals surface area (Å²) in [6.45, 7) is 6.79. The Bertz CT molecular complexity index is 898. The summed E-state index contributed by atoms with van der Waals surface area (Å²) >= 11 is 0. The van der Waals surface area contributed by atoms with Crippen molar-refractivity contribution in [1.29, 1.82) is 0 Å². The smallest absolute Gasteiger partial charge is 0.358 e. The van der Waals surface area contributed by atoms with Gasteiger partial charge in [0.25, 0.3) is 5.91 Å². The summed E-state index contributed by atoms with van der Waals surface area (Å²) < 4.78 is 1.52. The van der Waals surface area contributed by atoms with E-state index in [9.17, 15) is 14.4 Å². The maximum Gasteiger partial charge on any atom is 0.358 e. The van der Waals surface area contributed by atoms with Crippen LogP contribution in [0.4, 0.5) is 0 Å². The van der Waals surface area contributed by atoms with Crippen LogP contribution in [-0.2, 0) is 6.54 Å². The molecule has 27 heavy (non-hydrogen) atoms. The van der Waals surface area contributed by atoms with E-state index < -0.39 is 5.97 Å². The number of Topliss-reactive ketones (excluding diaryl/α,β-unsaturated/α-hetero) is 1. The van der Waals surface area contributed by atoms with Gasteiger partial charge in [0, 0.05) is 32.3 Å². The topological polar surface area (TPSA) is 121 Å². The van der Waals surface area contributed by atoms with E-state index in [2.05, 4.69) is 15.3 Å². The number of H-pyrrole nitrogens is 1. The summed E-state index contributed by atoms with van der Waals surface area (Å²) in [5, 5.41) is 16.4. The molecule has 0 spiro atoms. The van der Waals surface area contributed by atoms with Gasteiger partial charge in [0.1, 0.15) is 0 Å². The second-order valence-electron chi connectivity index (χ2n) is 7.07. The van der Waals surface area contributed by atoms with Crippen molar-refractivity contribution in [2.45, 2.75) is 40.2 Å². The Morgan fingerprint density at radius 3 is 2.67 bits per heavy atom. The molecule has 0 saturated carbocycles. The zero-order valence-electron chi connectivity index (χ0n) is 15.7. The van der Waals surface area contributed by atoms with Crippen molar-refractivity contribution < 1.29 is 19.5 Å². The van der Waals surface area contributed by atoms with Gasteiger partial charge in [-0.2, -0.15) is 0 Å². The number of carboxylic acid groups (broad SMARTS) is 1. The van der Waals surface area contributed by atoms with Crippen molar-refractivity contribution in [2.24, 2.45) is 5.92 Å². The summed E-state index contributed by atoms with van der Waals surface area (Å²) in [7, 11) is 0. The molecule has 1 unspecified atom stereocenters. The van der Waals surface area contributed by atoms with Crippen LogP contribution >= 0.6 is 0 Å². The molecular weight excluding hydrogens is 350 g/mol. The van der Waals surface area contributed by atoms with Crippen LogP contribution in [0.2, 0.25) is 0 Å². The summed E-state index contributed by atoms with van der Waals surface area (Å²) in [5.74, 6) is -1.12. The number of hydrogen-bond donors (Lipinski definition) is 2. The number of aromatic carboxylic acids is 1. The predicted octanol–water partition coefficient (Wildman–Crippen LogP) is 1.68. The molecule has 0 aliphatic carbocycles. The molecule has 1 saturated heterocycles. The number of carboxylic acids is 1. The predicted molar refractivity (Wildman–Crippen MR) is 95.9 cm³/mol. The number of aromatic nitrogens is 4. The van der Waals surface area contributed by atoms with E-state index in [1.54, 1.807) is 18.7 Å². The van der Waals surface area contributed by atoms with Crippen LogP contribution in [-0.4, -0.2) is 60.7 Å². The third-order valence-corrected chi connectivity index (χ3v) is 5.01. The summed E-state index contributed by atoms with van der Waals surface area (Å²) in [5.41, 5.74) is 2.35. The molecule has 1 atom stereocenters. The van der Waals surface area contributed by atoms with Gasteiger partial charge in [-0.15, -0.1) is 5.10 Å². The highest BCUT2D eigenvalue weighted by molar-refractivity contribution is 6.02. The maximum absolute atomic E-state index is 13.1. The van der Waals surface area contributed by atoms with E-state index in [4.69, 9.17) is 5.11 Å². The van der Waals surface area contributed by atoms with Crippen LogP contribution in [0, 0.1) is 19.8 Å². The van der Waals surface area contributed by atoms with Gasteiger partial charge < -0.3 is 15.0 Å². The van der Waals surface area contributed by atoms with Crippen LogP contribution < -0.4 is 0 Å².